The average molecular weight is 391 g/mol. The third-order valence-electron chi connectivity index (χ3n) is 5.46. The molecule has 2 fully saturated rings. The summed E-state index contributed by atoms with van der Waals surface area (Å²) >= 11 is 1.65. The number of carboxylic acid groups (broad SMARTS) is 1. The molecule has 1 N–H and O–H groups in total. The van der Waals surface area contributed by atoms with Gasteiger partial charge in [0.1, 0.15) is 0 Å². The number of piperidine rings is 1. The van der Waals surface area contributed by atoms with E-state index in [1.807, 2.05) is 35.4 Å². The van der Waals surface area contributed by atoms with Gasteiger partial charge in [-0.3, -0.25) is 14.4 Å². The summed E-state index contributed by atoms with van der Waals surface area (Å²) in [5.41, 5.74) is 0.828. The first-order chi connectivity index (χ1) is 13.0. The molecule has 1 aromatic carbocycles. The third kappa shape index (κ3) is 4.64. The van der Waals surface area contributed by atoms with Gasteiger partial charge in [0.25, 0.3) is 0 Å². The fourth-order valence-electron chi connectivity index (χ4n) is 4.00. The Kier molecular flexibility index (Phi) is 6.42. The van der Waals surface area contributed by atoms with Crippen LogP contribution in [0.1, 0.15) is 38.5 Å². The van der Waals surface area contributed by atoms with Crippen molar-refractivity contribution in [2.24, 2.45) is 5.92 Å². The highest BCUT2D eigenvalue weighted by Crippen LogP contribution is 2.30. The van der Waals surface area contributed by atoms with Gasteiger partial charge in [0.15, 0.2) is 0 Å². The molecule has 0 bridgehead atoms. The molecule has 2 saturated heterocycles. The Balaban J connectivity index is 1.67. The Morgan fingerprint density at radius 1 is 1.22 bits per heavy atom. The van der Waals surface area contributed by atoms with E-state index in [4.69, 9.17) is 5.11 Å². The molecule has 2 aliphatic rings. The largest absolute Gasteiger partial charge is 0.481 e. The van der Waals surface area contributed by atoms with E-state index >= 15 is 0 Å². The minimum atomic E-state index is -0.830. The normalized spacial score (nSPS) is 22.9. The zero-order valence-electron chi connectivity index (χ0n) is 15.6. The van der Waals surface area contributed by atoms with Gasteiger partial charge >= 0.3 is 5.97 Å². The van der Waals surface area contributed by atoms with Crippen molar-refractivity contribution in [2.75, 3.05) is 24.2 Å². The Labute approximate surface area is 163 Å². The van der Waals surface area contributed by atoms with Gasteiger partial charge < -0.3 is 14.9 Å². The van der Waals surface area contributed by atoms with Gasteiger partial charge in [0, 0.05) is 42.6 Å². The van der Waals surface area contributed by atoms with Crippen LogP contribution in [0.4, 0.5) is 5.69 Å². The molecule has 0 aliphatic carbocycles. The van der Waals surface area contributed by atoms with E-state index in [0.717, 1.165) is 29.8 Å². The molecule has 2 unspecified atom stereocenters. The molecule has 0 spiro atoms. The van der Waals surface area contributed by atoms with Crippen molar-refractivity contribution >= 4 is 35.2 Å². The monoisotopic (exact) mass is 390 g/mol. The highest BCUT2D eigenvalue weighted by molar-refractivity contribution is 7.98. The van der Waals surface area contributed by atoms with Gasteiger partial charge in [-0.2, -0.15) is 0 Å². The fraction of sp³-hybridized carbons (Fsp3) is 0.550. The lowest BCUT2D eigenvalue weighted by molar-refractivity contribution is -0.142. The number of benzene rings is 1. The molecule has 146 valence electrons. The molecule has 7 heteroatoms. The maximum atomic E-state index is 13.1. The Morgan fingerprint density at radius 3 is 2.63 bits per heavy atom. The minimum Gasteiger partial charge on any atom is -0.481 e. The quantitative estimate of drug-likeness (QED) is 0.756. The number of amides is 2. The second-order valence-electron chi connectivity index (χ2n) is 7.22. The van der Waals surface area contributed by atoms with Crippen molar-refractivity contribution in [3.63, 3.8) is 0 Å². The van der Waals surface area contributed by atoms with Crippen LogP contribution in [0, 0.1) is 5.92 Å². The summed E-state index contributed by atoms with van der Waals surface area (Å²) in [5.74, 6) is -1.20. The lowest BCUT2D eigenvalue weighted by Crippen LogP contribution is -2.47. The average Bonchev–Trinajstić information content (AvgIpc) is 3.07. The summed E-state index contributed by atoms with van der Waals surface area (Å²) < 4.78 is 0. The maximum absolute atomic E-state index is 13.1. The Morgan fingerprint density at radius 2 is 1.96 bits per heavy atom. The summed E-state index contributed by atoms with van der Waals surface area (Å²) in [7, 11) is 0. The van der Waals surface area contributed by atoms with Crippen molar-refractivity contribution in [3.8, 4) is 0 Å². The summed E-state index contributed by atoms with van der Waals surface area (Å²) in [4.78, 5) is 41.1. The van der Waals surface area contributed by atoms with E-state index in [2.05, 4.69) is 0 Å². The summed E-state index contributed by atoms with van der Waals surface area (Å²) in [6, 6.07) is 7.79. The number of thioether (sulfide) groups is 1. The van der Waals surface area contributed by atoms with Crippen molar-refractivity contribution in [1.82, 2.24) is 4.90 Å². The van der Waals surface area contributed by atoms with E-state index in [-0.39, 0.29) is 36.6 Å². The van der Waals surface area contributed by atoms with Gasteiger partial charge in [-0.1, -0.05) is 0 Å². The van der Waals surface area contributed by atoms with Crippen LogP contribution in [-0.4, -0.2) is 53.2 Å². The molecule has 2 atom stereocenters. The fourth-order valence-corrected chi connectivity index (χ4v) is 4.41. The van der Waals surface area contributed by atoms with Gasteiger partial charge in [0.05, 0.1) is 5.92 Å². The Hall–Kier alpha value is -2.02. The number of aliphatic carboxylic acids is 1. The molecule has 2 heterocycles. The molecule has 0 aromatic heterocycles. The first-order valence-electron chi connectivity index (χ1n) is 9.46. The molecule has 0 saturated carbocycles. The molecule has 0 radical (unpaired) electrons. The number of rotatable bonds is 6. The molecule has 6 nitrogen and oxygen atoms in total. The van der Waals surface area contributed by atoms with Gasteiger partial charge in [0.2, 0.25) is 11.8 Å². The highest BCUT2D eigenvalue weighted by Gasteiger charge is 2.39. The van der Waals surface area contributed by atoms with Crippen molar-refractivity contribution in [3.05, 3.63) is 24.3 Å². The molecule has 2 aliphatic heterocycles. The number of hydrogen-bond donors (Lipinski definition) is 1. The first kappa shape index (κ1) is 19.7. The van der Waals surface area contributed by atoms with E-state index in [0.29, 0.717) is 19.5 Å². The lowest BCUT2D eigenvalue weighted by Gasteiger charge is -2.37. The highest BCUT2D eigenvalue weighted by atomic mass is 32.2. The number of carbonyl (C=O) groups excluding carboxylic acids is 2. The number of hydrogen-bond acceptors (Lipinski definition) is 4. The molecule has 1 aromatic rings. The predicted octanol–water partition coefficient (Wildman–Crippen LogP) is 3.01. The van der Waals surface area contributed by atoms with E-state index in [1.54, 1.807) is 16.7 Å². The number of anilines is 1. The van der Waals surface area contributed by atoms with Crippen molar-refractivity contribution < 1.29 is 19.5 Å². The third-order valence-corrected chi connectivity index (χ3v) is 6.20. The van der Waals surface area contributed by atoms with Crippen LogP contribution in [-0.2, 0) is 14.4 Å². The van der Waals surface area contributed by atoms with Gasteiger partial charge in [-0.15, -0.1) is 11.8 Å². The first-order valence-corrected chi connectivity index (χ1v) is 10.7. The van der Waals surface area contributed by atoms with Crippen LogP contribution in [0.2, 0.25) is 0 Å². The maximum Gasteiger partial charge on any atom is 0.303 e. The van der Waals surface area contributed by atoms with Gasteiger partial charge in [-0.25, -0.2) is 0 Å². The second-order valence-corrected chi connectivity index (χ2v) is 8.10. The molecule has 27 heavy (non-hydrogen) atoms. The molecular formula is C20H26N2O4S. The minimum absolute atomic E-state index is 0.00155. The van der Waals surface area contributed by atoms with E-state index in [9.17, 15) is 14.4 Å². The summed E-state index contributed by atoms with van der Waals surface area (Å²) in [6.45, 7) is 1.06. The van der Waals surface area contributed by atoms with Gasteiger partial charge in [-0.05, 0) is 56.2 Å². The number of carbonyl (C=O) groups is 3. The predicted molar refractivity (Wildman–Crippen MR) is 105 cm³/mol. The summed E-state index contributed by atoms with van der Waals surface area (Å²) in [5, 5.41) is 8.96. The zero-order chi connectivity index (χ0) is 19.4. The van der Waals surface area contributed by atoms with Crippen LogP contribution in [0.5, 0.6) is 0 Å². The second kappa shape index (κ2) is 8.78. The lowest BCUT2D eigenvalue weighted by atomic mass is 9.95. The van der Waals surface area contributed by atoms with Crippen LogP contribution >= 0.6 is 11.8 Å². The van der Waals surface area contributed by atoms with Crippen LogP contribution < -0.4 is 4.90 Å². The van der Waals surface area contributed by atoms with Crippen molar-refractivity contribution in [2.45, 2.75) is 49.5 Å². The molecular weight excluding hydrogens is 364 g/mol. The number of nitrogens with zero attached hydrogens (tertiary/aromatic N) is 2. The topological polar surface area (TPSA) is 77.9 Å². The number of carboxylic acids is 1. The van der Waals surface area contributed by atoms with E-state index in [1.165, 1.54) is 0 Å². The molecule has 3 rings (SSSR count). The van der Waals surface area contributed by atoms with Crippen LogP contribution in [0.3, 0.4) is 0 Å². The van der Waals surface area contributed by atoms with Crippen LogP contribution in [0.15, 0.2) is 29.2 Å². The standard InChI is InChI=1S/C20H26N2O4S/c1-27-17-8-5-16(6-9-17)22-13-14(12-18(22)23)20(26)21-11-3-2-4-15(21)7-10-19(24)25/h5-6,8-9,14-15H,2-4,7,10-13H2,1H3,(H,24,25). The Bertz CT molecular complexity index is 706. The summed E-state index contributed by atoms with van der Waals surface area (Å²) in [6.07, 6.45) is 5.60. The SMILES string of the molecule is CSc1ccc(N2CC(C(=O)N3CCCCC3CCC(=O)O)CC2=O)cc1. The molecule has 2 amide bonds. The zero-order valence-corrected chi connectivity index (χ0v) is 16.4. The number of likely N-dealkylation sites (tertiary alicyclic amines) is 1. The smallest absolute Gasteiger partial charge is 0.303 e. The van der Waals surface area contributed by atoms with Crippen LogP contribution in [0.25, 0.3) is 0 Å². The van der Waals surface area contributed by atoms with Crippen molar-refractivity contribution in [1.29, 1.82) is 0 Å². The van der Waals surface area contributed by atoms with E-state index < -0.39 is 5.97 Å².